The maximum Gasteiger partial charge on any atom is 0.0596 e. The van der Waals surface area contributed by atoms with Gasteiger partial charge in [-0.05, 0) is 30.7 Å². The Morgan fingerprint density at radius 3 is 2.45 bits per heavy atom. The molecule has 0 saturated heterocycles. The summed E-state index contributed by atoms with van der Waals surface area (Å²) in [6, 6.07) is 10.3. The molecule has 0 amide bonds. The molecule has 0 unspecified atom stereocenters. The summed E-state index contributed by atoms with van der Waals surface area (Å²) in [5, 5.41) is 4.40. The lowest BCUT2D eigenvalue weighted by Crippen LogP contribution is -2.34. The normalized spacial score (nSPS) is 11.8. The predicted octanol–water partition coefficient (Wildman–Crippen LogP) is 4.45. The first-order chi connectivity index (χ1) is 9.50. The number of rotatable bonds is 5. The molecule has 0 radical (unpaired) electrons. The van der Waals surface area contributed by atoms with E-state index < -0.39 is 0 Å². The Hall–Kier alpha value is -0.510. The van der Waals surface area contributed by atoms with Crippen LogP contribution in [-0.2, 0) is 18.9 Å². The summed E-state index contributed by atoms with van der Waals surface area (Å²) in [7, 11) is 1.95. The fourth-order valence-electron chi connectivity index (χ4n) is 2.38. The van der Waals surface area contributed by atoms with Crippen molar-refractivity contribution in [3.8, 4) is 0 Å². The van der Waals surface area contributed by atoms with E-state index in [0.29, 0.717) is 11.8 Å². The van der Waals surface area contributed by atoms with Crippen LogP contribution in [0.15, 0.2) is 34.8 Å². The minimum atomic E-state index is -0.285. The molecule has 20 heavy (non-hydrogen) atoms. The molecular weight excluding hydrogens is 359 g/mol. The van der Waals surface area contributed by atoms with Gasteiger partial charge in [-0.15, -0.1) is 23.2 Å². The monoisotopic (exact) mass is 374 g/mol. The van der Waals surface area contributed by atoms with Crippen molar-refractivity contribution in [2.45, 2.75) is 18.8 Å². The molecule has 2 nitrogen and oxygen atoms in total. The summed E-state index contributed by atoms with van der Waals surface area (Å²) < 4.78 is 2.94. The molecule has 0 bridgehead atoms. The maximum absolute atomic E-state index is 6.29. The molecule has 1 heterocycles. The van der Waals surface area contributed by atoms with Crippen LogP contribution in [0.1, 0.15) is 17.0 Å². The second-order valence-corrected chi connectivity index (χ2v) is 6.59. The number of aryl methyl sites for hydroxylation is 2. The summed E-state index contributed by atoms with van der Waals surface area (Å²) in [5.74, 6) is 0.939. The van der Waals surface area contributed by atoms with E-state index in [-0.39, 0.29) is 5.41 Å². The summed E-state index contributed by atoms with van der Waals surface area (Å²) in [6.45, 7) is 1.99. The smallest absolute Gasteiger partial charge is 0.0596 e. The average molecular weight is 376 g/mol. The van der Waals surface area contributed by atoms with Gasteiger partial charge < -0.3 is 0 Å². The van der Waals surface area contributed by atoms with Gasteiger partial charge in [-0.1, -0.05) is 28.1 Å². The van der Waals surface area contributed by atoms with E-state index in [0.717, 1.165) is 27.8 Å². The first kappa shape index (κ1) is 15.9. The molecule has 0 aliphatic heterocycles. The lowest BCUT2D eigenvalue weighted by atomic mass is 9.80. The molecule has 0 saturated carbocycles. The molecule has 108 valence electrons. The Balaban J connectivity index is 2.42. The van der Waals surface area contributed by atoms with Gasteiger partial charge in [0.1, 0.15) is 0 Å². The third-order valence-corrected chi connectivity index (χ3v) is 5.08. The van der Waals surface area contributed by atoms with Gasteiger partial charge in [-0.25, -0.2) is 0 Å². The van der Waals surface area contributed by atoms with E-state index >= 15 is 0 Å². The van der Waals surface area contributed by atoms with Crippen molar-refractivity contribution in [3.05, 3.63) is 51.8 Å². The number of alkyl halides is 2. The van der Waals surface area contributed by atoms with E-state index in [4.69, 9.17) is 23.2 Å². The fraction of sp³-hybridized carbons (Fsp3) is 0.400. The topological polar surface area (TPSA) is 17.8 Å². The molecule has 0 N–H and O–H groups in total. The zero-order chi connectivity index (χ0) is 14.8. The largest absolute Gasteiger partial charge is 0.272 e. The standard InChI is InChI=1S/C15H17BrCl2N2/c1-11-6-14(20(2)19-11)8-15(9-17,10-18)12-4-3-5-13(16)7-12/h3-7H,8-10H2,1-2H3. The highest BCUT2D eigenvalue weighted by atomic mass is 79.9. The van der Waals surface area contributed by atoms with Crippen molar-refractivity contribution in [2.24, 2.45) is 7.05 Å². The molecule has 0 spiro atoms. The number of hydrogen-bond donors (Lipinski definition) is 0. The van der Waals surface area contributed by atoms with Crippen LogP contribution in [0.4, 0.5) is 0 Å². The number of nitrogens with zero attached hydrogens (tertiary/aromatic N) is 2. The van der Waals surface area contributed by atoms with Gasteiger partial charge in [0.25, 0.3) is 0 Å². The molecule has 5 heteroatoms. The van der Waals surface area contributed by atoms with Gasteiger partial charge >= 0.3 is 0 Å². The first-order valence-corrected chi connectivity index (χ1v) is 8.24. The van der Waals surface area contributed by atoms with E-state index in [1.54, 1.807) is 0 Å². The van der Waals surface area contributed by atoms with Crippen molar-refractivity contribution in [2.75, 3.05) is 11.8 Å². The first-order valence-electron chi connectivity index (χ1n) is 6.38. The highest BCUT2D eigenvalue weighted by molar-refractivity contribution is 9.10. The maximum atomic E-state index is 6.29. The third-order valence-electron chi connectivity index (χ3n) is 3.57. The summed E-state index contributed by atoms with van der Waals surface area (Å²) in [5.41, 5.74) is 3.02. The van der Waals surface area contributed by atoms with E-state index in [1.165, 1.54) is 0 Å². The minimum Gasteiger partial charge on any atom is -0.272 e. The predicted molar refractivity (Wildman–Crippen MR) is 88.9 cm³/mol. The Bertz CT molecular complexity index is 591. The van der Waals surface area contributed by atoms with Crippen LogP contribution < -0.4 is 0 Å². The Morgan fingerprint density at radius 1 is 1.25 bits per heavy atom. The van der Waals surface area contributed by atoms with Crippen molar-refractivity contribution >= 4 is 39.1 Å². The van der Waals surface area contributed by atoms with Crippen molar-refractivity contribution in [1.29, 1.82) is 0 Å². The molecular formula is C15H17BrCl2N2. The number of halogens is 3. The molecule has 2 aromatic rings. The Morgan fingerprint density at radius 2 is 1.95 bits per heavy atom. The minimum absolute atomic E-state index is 0.285. The van der Waals surface area contributed by atoms with E-state index in [9.17, 15) is 0 Å². The van der Waals surface area contributed by atoms with Crippen molar-refractivity contribution in [1.82, 2.24) is 9.78 Å². The zero-order valence-corrected chi connectivity index (χ0v) is 14.6. The number of hydrogen-bond acceptors (Lipinski definition) is 1. The van der Waals surface area contributed by atoms with Gasteiger partial charge in [-0.2, -0.15) is 5.10 Å². The lowest BCUT2D eigenvalue weighted by molar-refractivity contribution is 0.510. The lowest BCUT2D eigenvalue weighted by Gasteiger charge is -2.30. The molecule has 0 atom stereocenters. The van der Waals surface area contributed by atoms with Crippen LogP contribution in [-0.4, -0.2) is 21.5 Å². The summed E-state index contributed by atoms with van der Waals surface area (Å²) >= 11 is 16.1. The number of aromatic nitrogens is 2. The molecule has 2 rings (SSSR count). The molecule has 1 aromatic carbocycles. The third kappa shape index (κ3) is 3.21. The van der Waals surface area contributed by atoms with Gasteiger partial charge in [0.15, 0.2) is 0 Å². The van der Waals surface area contributed by atoms with Gasteiger partial charge in [0, 0.05) is 40.8 Å². The van der Waals surface area contributed by atoms with Gasteiger partial charge in [0.2, 0.25) is 0 Å². The number of benzene rings is 1. The zero-order valence-electron chi connectivity index (χ0n) is 11.5. The van der Waals surface area contributed by atoms with Crippen LogP contribution in [0.2, 0.25) is 0 Å². The quantitative estimate of drug-likeness (QED) is 0.706. The van der Waals surface area contributed by atoms with Crippen LogP contribution >= 0.6 is 39.1 Å². The van der Waals surface area contributed by atoms with E-state index in [1.807, 2.05) is 30.8 Å². The average Bonchev–Trinajstić information content (AvgIpc) is 2.74. The molecule has 0 aliphatic rings. The van der Waals surface area contributed by atoms with E-state index in [2.05, 4.69) is 39.2 Å². The summed E-state index contributed by atoms with van der Waals surface area (Å²) in [6.07, 6.45) is 0.772. The van der Waals surface area contributed by atoms with Gasteiger partial charge in [-0.3, -0.25) is 4.68 Å². The highest BCUT2D eigenvalue weighted by Gasteiger charge is 2.32. The SMILES string of the molecule is Cc1cc(CC(CCl)(CCl)c2cccc(Br)c2)n(C)n1. The molecule has 0 aliphatic carbocycles. The Kier molecular flexibility index (Phi) is 5.16. The summed E-state index contributed by atoms with van der Waals surface area (Å²) in [4.78, 5) is 0. The second kappa shape index (κ2) is 6.50. The fourth-order valence-corrected chi connectivity index (χ4v) is 3.56. The van der Waals surface area contributed by atoms with Gasteiger partial charge in [0.05, 0.1) is 5.69 Å². The molecule has 0 fully saturated rings. The Labute approximate surface area is 138 Å². The van der Waals surface area contributed by atoms with Crippen LogP contribution in [0.5, 0.6) is 0 Å². The van der Waals surface area contributed by atoms with Crippen molar-refractivity contribution in [3.63, 3.8) is 0 Å². The van der Waals surface area contributed by atoms with Crippen LogP contribution in [0, 0.1) is 6.92 Å². The van der Waals surface area contributed by atoms with Crippen LogP contribution in [0.3, 0.4) is 0 Å². The second-order valence-electron chi connectivity index (χ2n) is 5.14. The van der Waals surface area contributed by atoms with Crippen LogP contribution in [0.25, 0.3) is 0 Å². The highest BCUT2D eigenvalue weighted by Crippen LogP contribution is 2.33. The van der Waals surface area contributed by atoms with Crippen molar-refractivity contribution < 1.29 is 0 Å². The molecule has 1 aromatic heterocycles.